The summed E-state index contributed by atoms with van der Waals surface area (Å²) in [6.45, 7) is 1.05. The molecule has 0 aromatic rings. The van der Waals surface area contributed by atoms with Crippen LogP contribution in [0, 0.1) is 16.7 Å². The summed E-state index contributed by atoms with van der Waals surface area (Å²) in [4.78, 5) is 14.6. The van der Waals surface area contributed by atoms with E-state index in [4.69, 9.17) is 4.74 Å². The van der Waals surface area contributed by atoms with Crippen LogP contribution in [-0.2, 0) is 9.53 Å². The number of carbonyl (C=O) groups is 1. The number of ether oxygens (including phenoxy) is 1. The van der Waals surface area contributed by atoms with Crippen LogP contribution < -0.4 is 0 Å². The van der Waals surface area contributed by atoms with Crippen LogP contribution in [0.3, 0.4) is 0 Å². The van der Waals surface area contributed by atoms with E-state index in [1.165, 1.54) is 25.7 Å². The molecule has 0 bridgehead atoms. The molecule has 0 unspecified atom stereocenters. The number of hydrogen-bond acceptors (Lipinski definition) is 3. The summed E-state index contributed by atoms with van der Waals surface area (Å²) in [5, 5.41) is 9.46. The fourth-order valence-corrected chi connectivity index (χ4v) is 3.24. The number of hydrogen-bond donors (Lipinski definition) is 0. The maximum Gasteiger partial charge on any atom is 0.243 e. The van der Waals surface area contributed by atoms with Crippen molar-refractivity contribution in [3.63, 3.8) is 0 Å². The van der Waals surface area contributed by atoms with Crippen molar-refractivity contribution in [2.24, 2.45) is 5.41 Å². The second-order valence-corrected chi connectivity index (χ2v) is 5.87. The van der Waals surface area contributed by atoms with Crippen LogP contribution in [0.15, 0.2) is 0 Å². The molecule has 4 heteroatoms. The fourth-order valence-electron chi connectivity index (χ4n) is 3.24. The first kappa shape index (κ1) is 14.3. The van der Waals surface area contributed by atoms with Gasteiger partial charge in [-0.3, -0.25) is 4.79 Å². The van der Waals surface area contributed by atoms with Gasteiger partial charge in [-0.1, -0.05) is 25.7 Å². The summed E-state index contributed by atoms with van der Waals surface area (Å²) < 4.78 is 5.30. The first-order chi connectivity index (χ1) is 9.19. The van der Waals surface area contributed by atoms with Gasteiger partial charge in [0.15, 0.2) is 0 Å². The van der Waals surface area contributed by atoms with E-state index in [0.717, 1.165) is 12.8 Å². The standard InChI is InChI=1S/C15H24N2O2/c1-17(13-6-4-2-3-5-7-13)14(18)15(12-16)8-10-19-11-9-15/h13H,2-11H2,1H3. The van der Waals surface area contributed by atoms with Crippen molar-refractivity contribution in [1.82, 2.24) is 4.90 Å². The van der Waals surface area contributed by atoms with E-state index in [9.17, 15) is 10.1 Å². The predicted molar refractivity (Wildman–Crippen MR) is 72.4 cm³/mol. The second-order valence-electron chi connectivity index (χ2n) is 5.87. The number of carbonyl (C=O) groups excluding carboxylic acids is 1. The van der Waals surface area contributed by atoms with Gasteiger partial charge in [0.05, 0.1) is 6.07 Å². The molecule has 2 rings (SSSR count). The van der Waals surface area contributed by atoms with Crippen molar-refractivity contribution < 1.29 is 9.53 Å². The quantitative estimate of drug-likeness (QED) is 0.720. The van der Waals surface area contributed by atoms with Gasteiger partial charge in [-0.2, -0.15) is 5.26 Å². The summed E-state index contributed by atoms with van der Waals surface area (Å²) in [7, 11) is 1.88. The molecule has 1 aliphatic carbocycles. The molecule has 19 heavy (non-hydrogen) atoms. The van der Waals surface area contributed by atoms with E-state index in [-0.39, 0.29) is 5.91 Å². The molecular formula is C15H24N2O2. The lowest BCUT2D eigenvalue weighted by Crippen LogP contribution is -2.48. The SMILES string of the molecule is CN(C(=O)C1(C#N)CCOCC1)C1CCCCCC1. The fraction of sp³-hybridized carbons (Fsp3) is 0.867. The third-order valence-electron chi connectivity index (χ3n) is 4.66. The number of nitriles is 1. The Bertz CT molecular complexity index is 348. The van der Waals surface area contributed by atoms with E-state index in [1.54, 1.807) is 0 Å². The van der Waals surface area contributed by atoms with Crippen molar-refractivity contribution in [3.05, 3.63) is 0 Å². The maximum absolute atomic E-state index is 12.7. The molecule has 1 saturated carbocycles. The highest BCUT2D eigenvalue weighted by molar-refractivity contribution is 5.85. The van der Waals surface area contributed by atoms with Crippen molar-refractivity contribution in [2.75, 3.05) is 20.3 Å². The molecule has 106 valence electrons. The molecule has 2 fully saturated rings. The van der Waals surface area contributed by atoms with E-state index in [2.05, 4.69) is 6.07 Å². The Morgan fingerprint density at radius 2 is 1.79 bits per heavy atom. The van der Waals surface area contributed by atoms with Gasteiger partial charge in [0, 0.05) is 26.3 Å². The maximum atomic E-state index is 12.7. The lowest BCUT2D eigenvalue weighted by atomic mass is 9.80. The van der Waals surface area contributed by atoms with Crippen molar-refractivity contribution in [1.29, 1.82) is 5.26 Å². The molecular weight excluding hydrogens is 240 g/mol. The molecule has 0 atom stereocenters. The van der Waals surface area contributed by atoms with Gasteiger partial charge < -0.3 is 9.64 Å². The zero-order chi connectivity index (χ0) is 13.7. The van der Waals surface area contributed by atoms with Gasteiger partial charge in [0.25, 0.3) is 0 Å². The van der Waals surface area contributed by atoms with Gasteiger partial charge in [-0.15, -0.1) is 0 Å². The largest absolute Gasteiger partial charge is 0.381 e. The molecule has 0 N–H and O–H groups in total. The van der Waals surface area contributed by atoms with Crippen molar-refractivity contribution in [3.8, 4) is 6.07 Å². The lowest BCUT2D eigenvalue weighted by Gasteiger charge is -2.36. The second kappa shape index (κ2) is 6.38. The van der Waals surface area contributed by atoms with Gasteiger partial charge in [-0.05, 0) is 25.7 Å². The Balaban J connectivity index is 2.06. The molecule has 1 amide bonds. The van der Waals surface area contributed by atoms with Gasteiger partial charge in [0.1, 0.15) is 5.41 Å². The molecule has 1 aliphatic heterocycles. The number of nitrogens with zero attached hydrogens (tertiary/aromatic N) is 2. The minimum atomic E-state index is -0.834. The van der Waals surface area contributed by atoms with Gasteiger partial charge in [-0.25, -0.2) is 0 Å². The highest BCUT2D eigenvalue weighted by atomic mass is 16.5. The van der Waals surface area contributed by atoms with Gasteiger partial charge >= 0.3 is 0 Å². The van der Waals surface area contributed by atoms with E-state index in [1.807, 2.05) is 11.9 Å². The Morgan fingerprint density at radius 3 is 2.32 bits per heavy atom. The molecule has 0 spiro atoms. The summed E-state index contributed by atoms with van der Waals surface area (Å²) in [5.74, 6) is 0.0187. The first-order valence-electron chi connectivity index (χ1n) is 7.46. The first-order valence-corrected chi connectivity index (χ1v) is 7.46. The number of amides is 1. The topological polar surface area (TPSA) is 53.3 Å². The van der Waals surface area contributed by atoms with Crippen LogP contribution in [-0.4, -0.2) is 37.1 Å². The van der Waals surface area contributed by atoms with E-state index < -0.39 is 5.41 Å². The summed E-state index contributed by atoms with van der Waals surface area (Å²) in [6.07, 6.45) is 8.20. The summed E-state index contributed by atoms with van der Waals surface area (Å²) in [5.41, 5.74) is -0.834. The average molecular weight is 264 g/mol. The van der Waals surface area contributed by atoms with E-state index >= 15 is 0 Å². The highest BCUT2D eigenvalue weighted by Gasteiger charge is 2.43. The summed E-state index contributed by atoms with van der Waals surface area (Å²) in [6, 6.07) is 2.60. The van der Waals surface area contributed by atoms with Crippen molar-refractivity contribution >= 4 is 5.91 Å². The Kier molecular flexibility index (Phi) is 4.81. The zero-order valence-electron chi connectivity index (χ0n) is 11.9. The third kappa shape index (κ3) is 3.09. The summed E-state index contributed by atoms with van der Waals surface area (Å²) >= 11 is 0. The molecule has 4 nitrogen and oxygen atoms in total. The van der Waals surface area contributed by atoms with Crippen LogP contribution >= 0.6 is 0 Å². The average Bonchev–Trinajstić information content (AvgIpc) is 2.75. The van der Waals surface area contributed by atoms with Crippen LogP contribution in [0.25, 0.3) is 0 Å². The minimum absolute atomic E-state index is 0.0187. The third-order valence-corrected chi connectivity index (χ3v) is 4.66. The Hall–Kier alpha value is -1.08. The van der Waals surface area contributed by atoms with Gasteiger partial charge in [0.2, 0.25) is 5.91 Å². The number of rotatable bonds is 2. The highest BCUT2D eigenvalue weighted by Crippen LogP contribution is 2.33. The zero-order valence-corrected chi connectivity index (χ0v) is 11.9. The predicted octanol–water partition coefficient (Wildman–Crippen LogP) is 2.49. The van der Waals surface area contributed by atoms with Crippen LogP contribution in [0.5, 0.6) is 0 Å². The molecule has 2 aliphatic rings. The Labute approximate surface area is 115 Å². The smallest absolute Gasteiger partial charge is 0.243 e. The molecule has 0 aromatic carbocycles. The molecule has 1 heterocycles. The van der Waals surface area contributed by atoms with Crippen LogP contribution in [0.1, 0.15) is 51.4 Å². The molecule has 0 aromatic heterocycles. The molecule has 0 radical (unpaired) electrons. The monoisotopic (exact) mass is 264 g/mol. The van der Waals surface area contributed by atoms with Crippen LogP contribution in [0.4, 0.5) is 0 Å². The minimum Gasteiger partial charge on any atom is -0.381 e. The van der Waals surface area contributed by atoms with Crippen molar-refractivity contribution in [2.45, 2.75) is 57.4 Å². The lowest BCUT2D eigenvalue weighted by molar-refractivity contribution is -0.144. The normalized spacial score (nSPS) is 24.2. The Morgan fingerprint density at radius 1 is 1.21 bits per heavy atom. The van der Waals surface area contributed by atoms with Crippen LogP contribution in [0.2, 0.25) is 0 Å². The van der Waals surface area contributed by atoms with E-state index in [0.29, 0.717) is 32.1 Å². The molecule has 1 saturated heterocycles.